The molecule has 6 nitrogen and oxygen atoms in total. The highest BCUT2D eigenvalue weighted by Gasteiger charge is 2.29. The predicted octanol–water partition coefficient (Wildman–Crippen LogP) is 2.54. The average Bonchev–Trinajstić information content (AvgIpc) is 3.10. The molecule has 1 aromatic heterocycles. The van der Waals surface area contributed by atoms with Crippen molar-refractivity contribution >= 4 is 33.5 Å². The smallest absolute Gasteiger partial charge is 0.322 e. The van der Waals surface area contributed by atoms with Crippen LogP contribution in [0.3, 0.4) is 0 Å². The number of anilines is 2. The lowest BCUT2D eigenvalue weighted by Gasteiger charge is -2.04. The number of hydrogen-bond donors (Lipinski definition) is 2. The fourth-order valence-electron chi connectivity index (χ4n) is 1.69. The summed E-state index contributed by atoms with van der Waals surface area (Å²) in [4.78, 5) is 12.0. The number of amides is 1. The lowest BCUT2D eigenvalue weighted by Crippen LogP contribution is -2.14. The fraction of sp³-hybridized carbons (Fsp3) is 0.250. The van der Waals surface area contributed by atoms with Gasteiger partial charge in [-0.25, -0.2) is 0 Å². The Labute approximate surface area is 117 Å². The van der Waals surface area contributed by atoms with Gasteiger partial charge in [0.15, 0.2) is 0 Å². The first-order valence-corrected chi connectivity index (χ1v) is 6.62. The first kappa shape index (κ1) is 12.2. The first-order chi connectivity index (χ1) is 9.13. The molecule has 2 aromatic rings. The second-order valence-corrected chi connectivity index (χ2v) is 5.32. The molecule has 1 aromatic carbocycles. The molecule has 7 heteroatoms. The van der Waals surface area contributed by atoms with Gasteiger partial charge in [-0.05, 0) is 31.0 Å². The second-order valence-electron chi connectivity index (χ2n) is 4.41. The van der Waals surface area contributed by atoms with Crippen LogP contribution in [0.4, 0.5) is 11.7 Å². The molecule has 1 amide bonds. The van der Waals surface area contributed by atoms with Crippen LogP contribution >= 0.6 is 15.9 Å². The summed E-state index contributed by atoms with van der Waals surface area (Å²) in [5.41, 5.74) is 6.53. The minimum absolute atomic E-state index is 0.106. The Morgan fingerprint density at radius 2 is 2.21 bits per heavy atom. The van der Waals surface area contributed by atoms with Crippen LogP contribution in [0.2, 0.25) is 0 Å². The maximum absolute atomic E-state index is 12.0. The fourth-order valence-corrected chi connectivity index (χ4v) is 2.06. The van der Waals surface area contributed by atoms with Crippen LogP contribution in [-0.2, 0) is 0 Å². The monoisotopic (exact) mass is 322 g/mol. The van der Waals surface area contributed by atoms with Crippen LogP contribution in [0.15, 0.2) is 27.1 Å². The van der Waals surface area contributed by atoms with Crippen LogP contribution in [0, 0.1) is 0 Å². The van der Waals surface area contributed by atoms with Crippen molar-refractivity contribution in [3.8, 4) is 0 Å². The number of carbonyl (C=O) groups is 1. The highest BCUT2D eigenvalue weighted by Crippen LogP contribution is 2.39. The van der Waals surface area contributed by atoms with Crippen LogP contribution in [-0.4, -0.2) is 16.1 Å². The molecule has 1 saturated carbocycles. The molecule has 19 heavy (non-hydrogen) atoms. The maximum atomic E-state index is 12.0. The number of rotatable bonds is 3. The van der Waals surface area contributed by atoms with E-state index in [1.54, 1.807) is 18.2 Å². The van der Waals surface area contributed by atoms with Crippen LogP contribution < -0.4 is 11.1 Å². The topological polar surface area (TPSA) is 94.0 Å². The van der Waals surface area contributed by atoms with Gasteiger partial charge in [0.25, 0.3) is 5.91 Å². The molecule has 1 heterocycles. The van der Waals surface area contributed by atoms with E-state index >= 15 is 0 Å². The van der Waals surface area contributed by atoms with Crippen molar-refractivity contribution in [2.75, 3.05) is 11.1 Å². The third-order valence-corrected chi connectivity index (χ3v) is 3.34. The minimum atomic E-state index is -0.365. The van der Waals surface area contributed by atoms with Gasteiger partial charge in [-0.15, -0.1) is 5.10 Å². The van der Waals surface area contributed by atoms with Crippen molar-refractivity contribution in [1.29, 1.82) is 0 Å². The van der Waals surface area contributed by atoms with Crippen molar-refractivity contribution in [2.24, 2.45) is 0 Å². The zero-order valence-electron chi connectivity index (χ0n) is 9.89. The molecule has 0 atom stereocenters. The molecule has 0 unspecified atom stereocenters. The summed E-state index contributed by atoms with van der Waals surface area (Å²) in [6, 6.07) is 5.15. The van der Waals surface area contributed by atoms with Crippen LogP contribution in [0.5, 0.6) is 0 Å². The van der Waals surface area contributed by atoms with E-state index in [9.17, 15) is 4.79 Å². The number of halogens is 1. The molecule has 0 saturated heterocycles. The SMILES string of the molecule is Nc1cc(Br)ccc1C(=O)Nc1nnc(C2CC2)o1. The average molecular weight is 323 g/mol. The van der Waals surface area contributed by atoms with E-state index < -0.39 is 0 Å². The molecule has 1 aliphatic rings. The van der Waals surface area contributed by atoms with E-state index in [1.165, 1.54) is 0 Å². The van der Waals surface area contributed by atoms with Gasteiger partial charge >= 0.3 is 6.01 Å². The molecule has 3 rings (SSSR count). The van der Waals surface area contributed by atoms with Gasteiger partial charge in [0.05, 0.1) is 5.56 Å². The zero-order valence-corrected chi connectivity index (χ0v) is 11.5. The Morgan fingerprint density at radius 1 is 1.42 bits per heavy atom. The van der Waals surface area contributed by atoms with Crippen LogP contribution in [0.1, 0.15) is 35.0 Å². The highest BCUT2D eigenvalue weighted by molar-refractivity contribution is 9.10. The zero-order chi connectivity index (χ0) is 13.4. The first-order valence-electron chi connectivity index (χ1n) is 5.83. The van der Waals surface area contributed by atoms with E-state index in [4.69, 9.17) is 10.2 Å². The molecule has 0 radical (unpaired) electrons. The standard InChI is InChI=1S/C12H11BrN4O2/c13-7-3-4-8(9(14)5-7)10(18)15-12-17-16-11(19-12)6-1-2-6/h3-6H,1-2,14H2,(H,15,17,18). The van der Waals surface area contributed by atoms with E-state index in [2.05, 4.69) is 31.4 Å². The summed E-state index contributed by atoms with van der Waals surface area (Å²) >= 11 is 3.29. The van der Waals surface area contributed by atoms with Gasteiger partial charge in [-0.1, -0.05) is 21.0 Å². The number of hydrogen-bond acceptors (Lipinski definition) is 5. The predicted molar refractivity (Wildman–Crippen MR) is 72.8 cm³/mol. The number of nitrogens with one attached hydrogen (secondary N) is 1. The van der Waals surface area contributed by atoms with Crippen molar-refractivity contribution in [2.45, 2.75) is 18.8 Å². The number of carbonyl (C=O) groups excluding carboxylic acids is 1. The molecule has 0 aliphatic heterocycles. The Morgan fingerprint density at radius 3 is 2.89 bits per heavy atom. The van der Waals surface area contributed by atoms with Gasteiger partial charge in [0.2, 0.25) is 5.89 Å². The Hall–Kier alpha value is -1.89. The Balaban J connectivity index is 1.76. The molecule has 1 fully saturated rings. The molecule has 3 N–H and O–H groups in total. The maximum Gasteiger partial charge on any atom is 0.322 e. The molecule has 0 spiro atoms. The number of nitrogens with two attached hydrogens (primary N) is 1. The van der Waals surface area contributed by atoms with Crippen molar-refractivity contribution in [3.05, 3.63) is 34.1 Å². The summed E-state index contributed by atoms with van der Waals surface area (Å²) in [7, 11) is 0. The summed E-state index contributed by atoms with van der Waals surface area (Å²) in [5, 5.41) is 10.2. The quantitative estimate of drug-likeness (QED) is 0.847. The van der Waals surface area contributed by atoms with E-state index in [-0.39, 0.29) is 11.9 Å². The van der Waals surface area contributed by atoms with E-state index in [0.717, 1.165) is 17.3 Å². The number of aromatic nitrogens is 2. The molecular weight excluding hydrogens is 312 g/mol. The number of nitrogen functional groups attached to an aromatic ring is 1. The Bertz CT molecular complexity index is 636. The van der Waals surface area contributed by atoms with Crippen LogP contribution in [0.25, 0.3) is 0 Å². The van der Waals surface area contributed by atoms with Gasteiger partial charge in [-0.2, -0.15) is 0 Å². The third-order valence-electron chi connectivity index (χ3n) is 2.85. The summed E-state index contributed by atoms with van der Waals surface area (Å²) in [6.45, 7) is 0. The lowest BCUT2D eigenvalue weighted by molar-refractivity contribution is 0.102. The highest BCUT2D eigenvalue weighted by atomic mass is 79.9. The number of nitrogens with zero attached hydrogens (tertiary/aromatic N) is 2. The van der Waals surface area contributed by atoms with Gasteiger partial charge in [-0.3, -0.25) is 10.1 Å². The number of benzene rings is 1. The van der Waals surface area contributed by atoms with Gasteiger partial charge < -0.3 is 10.2 Å². The normalized spacial score (nSPS) is 14.4. The molecule has 1 aliphatic carbocycles. The second kappa shape index (κ2) is 4.65. The van der Waals surface area contributed by atoms with Gasteiger partial charge in [0, 0.05) is 16.1 Å². The largest absolute Gasteiger partial charge is 0.408 e. The summed E-state index contributed by atoms with van der Waals surface area (Å²) < 4.78 is 6.17. The minimum Gasteiger partial charge on any atom is -0.408 e. The molecular formula is C12H11BrN4O2. The Kier molecular flexibility index (Phi) is 2.98. The van der Waals surface area contributed by atoms with Crippen molar-refractivity contribution in [1.82, 2.24) is 10.2 Å². The molecule has 0 bridgehead atoms. The van der Waals surface area contributed by atoms with Crippen molar-refractivity contribution in [3.63, 3.8) is 0 Å². The third kappa shape index (κ3) is 2.60. The van der Waals surface area contributed by atoms with E-state index in [1.807, 2.05) is 0 Å². The van der Waals surface area contributed by atoms with Crippen molar-refractivity contribution < 1.29 is 9.21 Å². The van der Waals surface area contributed by atoms with Gasteiger partial charge in [0.1, 0.15) is 0 Å². The lowest BCUT2D eigenvalue weighted by atomic mass is 10.2. The molecule has 98 valence electrons. The van der Waals surface area contributed by atoms with E-state index in [0.29, 0.717) is 23.1 Å². The summed E-state index contributed by atoms with van der Waals surface area (Å²) in [6.07, 6.45) is 2.13. The summed E-state index contributed by atoms with van der Waals surface area (Å²) in [5.74, 6) is 0.575.